The minimum absolute atomic E-state index is 0.112. The van der Waals surface area contributed by atoms with Gasteiger partial charge in [-0.05, 0) is 30.3 Å². The van der Waals surface area contributed by atoms with E-state index >= 15 is 0 Å². The topological polar surface area (TPSA) is 73.9 Å². The lowest BCUT2D eigenvalue weighted by molar-refractivity contribution is -0.118. The molecule has 0 saturated heterocycles. The van der Waals surface area contributed by atoms with Crippen LogP contribution in [0.15, 0.2) is 36.4 Å². The monoisotopic (exact) mass is 367 g/mol. The first-order valence-corrected chi connectivity index (χ1v) is 7.46. The molecule has 0 atom stereocenters. The van der Waals surface area contributed by atoms with E-state index in [0.29, 0.717) is 11.4 Å². The number of hydrogen-bond donors (Lipinski definition) is 1. The summed E-state index contributed by atoms with van der Waals surface area (Å²) in [7, 11) is 2.70. The highest BCUT2D eigenvalue weighted by Crippen LogP contribution is 2.25. The molecule has 25 heavy (non-hydrogen) atoms. The maximum absolute atomic E-state index is 13.1. The standard InChI is InChI=1S/C17H15ClFNO5/c1-23-11-4-5-12(17(22)24-2)15(8-11)25-9-16(21)20-10-3-6-14(19)13(18)7-10/h3-8H,9H2,1-2H3,(H,20,21). The van der Waals surface area contributed by atoms with Gasteiger partial charge in [0.2, 0.25) is 0 Å². The molecule has 0 bridgehead atoms. The van der Waals surface area contributed by atoms with Gasteiger partial charge in [0.05, 0.1) is 19.2 Å². The summed E-state index contributed by atoms with van der Waals surface area (Å²) in [6.45, 7) is -0.383. The molecule has 0 spiro atoms. The Kier molecular flexibility index (Phi) is 6.19. The van der Waals surface area contributed by atoms with Crippen molar-refractivity contribution in [2.45, 2.75) is 0 Å². The van der Waals surface area contributed by atoms with Crippen molar-refractivity contribution in [3.8, 4) is 11.5 Å². The fourth-order valence-corrected chi connectivity index (χ4v) is 2.12. The van der Waals surface area contributed by atoms with Crippen LogP contribution in [0.25, 0.3) is 0 Å². The molecule has 0 heterocycles. The van der Waals surface area contributed by atoms with Gasteiger partial charge in [0, 0.05) is 11.8 Å². The Bertz CT molecular complexity index is 797. The number of carbonyl (C=O) groups excluding carboxylic acids is 2. The molecule has 0 unspecified atom stereocenters. The minimum Gasteiger partial charge on any atom is -0.497 e. The van der Waals surface area contributed by atoms with Crippen LogP contribution in [0.3, 0.4) is 0 Å². The third kappa shape index (κ3) is 4.84. The molecule has 1 N–H and O–H groups in total. The molecule has 2 rings (SSSR count). The number of amides is 1. The van der Waals surface area contributed by atoms with Gasteiger partial charge < -0.3 is 19.5 Å². The molecular weight excluding hydrogens is 353 g/mol. The fourth-order valence-electron chi connectivity index (χ4n) is 1.94. The second-order valence-electron chi connectivity index (χ2n) is 4.82. The largest absolute Gasteiger partial charge is 0.497 e. The van der Waals surface area contributed by atoms with Crippen molar-refractivity contribution in [2.24, 2.45) is 0 Å². The summed E-state index contributed by atoms with van der Waals surface area (Å²) in [6, 6.07) is 8.28. The van der Waals surface area contributed by atoms with E-state index in [1.807, 2.05) is 0 Å². The lowest BCUT2D eigenvalue weighted by Crippen LogP contribution is -2.21. The maximum Gasteiger partial charge on any atom is 0.341 e. The lowest BCUT2D eigenvalue weighted by Gasteiger charge is -2.12. The summed E-state index contributed by atoms with van der Waals surface area (Å²) in [4.78, 5) is 23.7. The Morgan fingerprint density at radius 1 is 1.16 bits per heavy atom. The molecule has 0 aliphatic rings. The third-order valence-corrected chi connectivity index (χ3v) is 3.45. The van der Waals surface area contributed by atoms with E-state index in [1.54, 1.807) is 6.07 Å². The van der Waals surface area contributed by atoms with E-state index < -0.39 is 17.7 Å². The van der Waals surface area contributed by atoms with E-state index in [-0.39, 0.29) is 22.9 Å². The first-order chi connectivity index (χ1) is 11.9. The highest BCUT2D eigenvalue weighted by molar-refractivity contribution is 6.31. The van der Waals surface area contributed by atoms with Gasteiger partial charge in [-0.2, -0.15) is 0 Å². The van der Waals surface area contributed by atoms with Crippen LogP contribution in [0.4, 0.5) is 10.1 Å². The average Bonchev–Trinajstić information content (AvgIpc) is 2.62. The second-order valence-corrected chi connectivity index (χ2v) is 5.23. The predicted octanol–water partition coefficient (Wildman–Crippen LogP) is 3.29. The van der Waals surface area contributed by atoms with Crippen LogP contribution in [0, 0.1) is 5.82 Å². The van der Waals surface area contributed by atoms with Crippen molar-refractivity contribution in [2.75, 3.05) is 26.1 Å². The normalized spacial score (nSPS) is 10.1. The van der Waals surface area contributed by atoms with E-state index in [2.05, 4.69) is 10.1 Å². The smallest absolute Gasteiger partial charge is 0.341 e. The van der Waals surface area contributed by atoms with E-state index in [0.717, 1.165) is 6.07 Å². The van der Waals surface area contributed by atoms with Gasteiger partial charge in [0.25, 0.3) is 5.91 Å². The SMILES string of the molecule is COC(=O)c1ccc(OC)cc1OCC(=O)Nc1ccc(F)c(Cl)c1. The molecule has 2 aromatic rings. The zero-order valence-electron chi connectivity index (χ0n) is 13.5. The zero-order chi connectivity index (χ0) is 18.4. The van der Waals surface area contributed by atoms with Gasteiger partial charge in [-0.15, -0.1) is 0 Å². The average molecular weight is 368 g/mol. The van der Waals surface area contributed by atoms with Crippen molar-refractivity contribution in [1.82, 2.24) is 0 Å². The number of halogens is 2. The number of methoxy groups -OCH3 is 2. The Morgan fingerprint density at radius 3 is 2.56 bits per heavy atom. The molecular formula is C17H15ClFNO5. The highest BCUT2D eigenvalue weighted by atomic mass is 35.5. The van der Waals surface area contributed by atoms with Crippen LogP contribution in [0.2, 0.25) is 5.02 Å². The molecule has 0 fully saturated rings. The highest BCUT2D eigenvalue weighted by Gasteiger charge is 2.15. The Labute approximate surface area is 148 Å². The van der Waals surface area contributed by atoms with Gasteiger partial charge in [0.1, 0.15) is 22.9 Å². The zero-order valence-corrected chi connectivity index (χ0v) is 14.2. The van der Waals surface area contributed by atoms with Crippen molar-refractivity contribution in [3.63, 3.8) is 0 Å². The van der Waals surface area contributed by atoms with E-state index in [1.165, 1.54) is 38.5 Å². The van der Waals surface area contributed by atoms with Gasteiger partial charge in [-0.25, -0.2) is 9.18 Å². The summed E-state index contributed by atoms with van der Waals surface area (Å²) in [5, 5.41) is 2.40. The maximum atomic E-state index is 13.1. The quantitative estimate of drug-likeness (QED) is 0.793. The summed E-state index contributed by atoms with van der Waals surface area (Å²) in [5.41, 5.74) is 0.472. The van der Waals surface area contributed by atoms with Crippen LogP contribution in [-0.2, 0) is 9.53 Å². The number of hydrogen-bond acceptors (Lipinski definition) is 5. The lowest BCUT2D eigenvalue weighted by atomic mass is 10.2. The first-order valence-electron chi connectivity index (χ1n) is 7.08. The van der Waals surface area contributed by atoms with Crippen LogP contribution >= 0.6 is 11.6 Å². The van der Waals surface area contributed by atoms with Gasteiger partial charge >= 0.3 is 5.97 Å². The van der Waals surface area contributed by atoms with Gasteiger partial charge in [-0.1, -0.05) is 11.6 Å². The summed E-state index contributed by atoms with van der Waals surface area (Å²) in [6.07, 6.45) is 0. The van der Waals surface area contributed by atoms with Crippen LogP contribution in [0.5, 0.6) is 11.5 Å². The number of benzene rings is 2. The molecule has 0 radical (unpaired) electrons. The number of anilines is 1. The molecule has 6 nitrogen and oxygen atoms in total. The molecule has 1 amide bonds. The van der Waals surface area contributed by atoms with Crippen molar-refractivity contribution < 1.29 is 28.2 Å². The third-order valence-electron chi connectivity index (χ3n) is 3.16. The van der Waals surface area contributed by atoms with Crippen molar-refractivity contribution >= 4 is 29.2 Å². The number of nitrogens with one attached hydrogen (secondary N) is 1. The predicted molar refractivity (Wildman–Crippen MR) is 89.9 cm³/mol. The van der Waals surface area contributed by atoms with Gasteiger partial charge in [0.15, 0.2) is 6.61 Å². The van der Waals surface area contributed by atoms with Crippen LogP contribution in [-0.4, -0.2) is 32.7 Å². The molecule has 2 aromatic carbocycles. The molecule has 0 aromatic heterocycles. The van der Waals surface area contributed by atoms with E-state index in [4.69, 9.17) is 21.1 Å². The molecule has 0 aliphatic heterocycles. The summed E-state index contributed by atoms with van der Waals surface area (Å²) in [5.74, 6) is -1.12. The number of carbonyl (C=O) groups is 2. The molecule has 8 heteroatoms. The van der Waals surface area contributed by atoms with Crippen LogP contribution < -0.4 is 14.8 Å². The van der Waals surface area contributed by atoms with E-state index in [9.17, 15) is 14.0 Å². The number of ether oxygens (including phenoxy) is 3. The van der Waals surface area contributed by atoms with Crippen LogP contribution in [0.1, 0.15) is 10.4 Å². The Balaban J connectivity index is 2.07. The molecule has 0 aliphatic carbocycles. The van der Waals surface area contributed by atoms with Crippen molar-refractivity contribution in [3.05, 3.63) is 52.8 Å². The number of esters is 1. The fraction of sp³-hybridized carbons (Fsp3) is 0.176. The Morgan fingerprint density at radius 2 is 1.92 bits per heavy atom. The first kappa shape index (κ1) is 18.5. The van der Waals surface area contributed by atoms with Gasteiger partial charge in [-0.3, -0.25) is 4.79 Å². The summed E-state index contributed by atoms with van der Waals surface area (Å²) < 4.78 is 28.2. The molecule has 132 valence electrons. The second kappa shape index (κ2) is 8.34. The summed E-state index contributed by atoms with van der Waals surface area (Å²) >= 11 is 5.65. The minimum atomic E-state index is -0.608. The molecule has 0 saturated carbocycles. The van der Waals surface area contributed by atoms with Crippen molar-refractivity contribution in [1.29, 1.82) is 0 Å². The number of rotatable bonds is 6. The Hall–Kier alpha value is -2.80.